The van der Waals surface area contributed by atoms with E-state index in [2.05, 4.69) is 146 Å². The summed E-state index contributed by atoms with van der Waals surface area (Å²) in [7, 11) is 0. The van der Waals surface area contributed by atoms with Gasteiger partial charge < -0.3 is 4.42 Å². The van der Waals surface area contributed by atoms with Gasteiger partial charge in [-0.1, -0.05) is 157 Å². The highest BCUT2D eigenvalue weighted by atomic mass is 35.5. The van der Waals surface area contributed by atoms with Crippen LogP contribution in [0.5, 0.6) is 0 Å². The van der Waals surface area contributed by atoms with Crippen molar-refractivity contribution in [2.45, 2.75) is 0 Å². The standard InChI is InChI=1S/C42H27ClO/c43-42-40(31-21-11-4-12-22-31)38(29-17-7-2-8-18-29)37(28-15-5-1-6-16-28)39(30-19-9-3-10-20-30)41(42)32-25-26-34-33-23-13-14-24-35(33)44-36(34)27-32/h1-27H. The van der Waals surface area contributed by atoms with Crippen LogP contribution in [0.15, 0.2) is 168 Å². The number of fused-ring (bicyclic) bond motifs is 3. The van der Waals surface area contributed by atoms with E-state index in [9.17, 15) is 0 Å². The van der Waals surface area contributed by atoms with Crippen LogP contribution in [0.1, 0.15) is 0 Å². The first-order valence-corrected chi connectivity index (χ1v) is 15.2. The molecule has 44 heavy (non-hydrogen) atoms. The first kappa shape index (κ1) is 26.3. The van der Waals surface area contributed by atoms with Crippen molar-refractivity contribution in [2.75, 3.05) is 0 Å². The molecule has 1 nitrogen and oxygen atoms in total. The Morgan fingerprint density at radius 1 is 0.318 bits per heavy atom. The number of para-hydroxylation sites is 1. The van der Waals surface area contributed by atoms with Crippen molar-refractivity contribution in [1.29, 1.82) is 0 Å². The van der Waals surface area contributed by atoms with E-state index >= 15 is 0 Å². The molecule has 0 saturated carbocycles. The van der Waals surface area contributed by atoms with Crippen molar-refractivity contribution >= 4 is 33.5 Å². The second-order valence-corrected chi connectivity index (χ2v) is 11.3. The van der Waals surface area contributed by atoms with Gasteiger partial charge in [-0.2, -0.15) is 0 Å². The van der Waals surface area contributed by atoms with Gasteiger partial charge in [-0.15, -0.1) is 0 Å². The molecule has 0 aliphatic heterocycles. The second kappa shape index (κ2) is 11.0. The molecule has 7 aromatic carbocycles. The zero-order valence-electron chi connectivity index (χ0n) is 23.9. The second-order valence-electron chi connectivity index (χ2n) is 11.0. The molecule has 8 aromatic rings. The Labute approximate surface area is 261 Å². The summed E-state index contributed by atoms with van der Waals surface area (Å²) < 4.78 is 6.38. The highest BCUT2D eigenvalue weighted by molar-refractivity contribution is 6.39. The van der Waals surface area contributed by atoms with Crippen LogP contribution in [-0.4, -0.2) is 0 Å². The van der Waals surface area contributed by atoms with Gasteiger partial charge in [0.05, 0.1) is 5.02 Å². The van der Waals surface area contributed by atoms with Crippen molar-refractivity contribution < 1.29 is 4.42 Å². The molecule has 8 rings (SSSR count). The molecule has 0 fully saturated rings. The number of hydrogen-bond acceptors (Lipinski definition) is 1. The van der Waals surface area contributed by atoms with Gasteiger partial charge in [-0.3, -0.25) is 0 Å². The summed E-state index contributed by atoms with van der Waals surface area (Å²) in [5, 5.41) is 2.91. The summed E-state index contributed by atoms with van der Waals surface area (Å²) in [4.78, 5) is 0. The molecular formula is C42H27ClO. The Kier molecular flexibility index (Phi) is 6.59. The average Bonchev–Trinajstić information content (AvgIpc) is 3.47. The third kappa shape index (κ3) is 4.41. The fourth-order valence-corrected chi connectivity index (χ4v) is 6.84. The van der Waals surface area contributed by atoms with E-state index in [1.807, 2.05) is 18.2 Å². The molecule has 2 heteroatoms. The van der Waals surface area contributed by atoms with Gasteiger partial charge in [-0.25, -0.2) is 0 Å². The normalized spacial score (nSPS) is 11.3. The largest absolute Gasteiger partial charge is 0.456 e. The molecule has 0 spiro atoms. The molecule has 0 aliphatic rings. The highest BCUT2D eigenvalue weighted by Crippen LogP contribution is 2.54. The molecule has 1 heterocycles. The summed E-state index contributed by atoms with van der Waals surface area (Å²) in [6.45, 7) is 0. The lowest BCUT2D eigenvalue weighted by atomic mass is 9.78. The first-order chi connectivity index (χ1) is 21.8. The summed E-state index contributed by atoms with van der Waals surface area (Å²) in [6.07, 6.45) is 0. The van der Waals surface area contributed by atoms with Crippen LogP contribution in [0.25, 0.3) is 77.6 Å². The predicted octanol–water partition coefficient (Wildman–Crippen LogP) is 12.6. The van der Waals surface area contributed by atoms with Crippen molar-refractivity contribution in [2.24, 2.45) is 0 Å². The Morgan fingerprint density at radius 2 is 0.705 bits per heavy atom. The van der Waals surface area contributed by atoms with E-state index in [4.69, 9.17) is 16.0 Å². The Morgan fingerprint density at radius 3 is 1.23 bits per heavy atom. The minimum absolute atomic E-state index is 0.712. The van der Waals surface area contributed by atoms with Crippen LogP contribution in [0.3, 0.4) is 0 Å². The van der Waals surface area contributed by atoms with E-state index < -0.39 is 0 Å². The molecule has 208 valence electrons. The minimum Gasteiger partial charge on any atom is -0.456 e. The van der Waals surface area contributed by atoms with Gasteiger partial charge in [0, 0.05) is 21.9 Å². The molecule has 1 aromatic heterocycles. The van der Waals surface area contributed by atoms with Crippen LogP contribution < -0.4 is 0 Å². The molecule has 0 N–H and O–H groups in total. The molecule has 0 aliphatic carbocycles. The van der Waals surface area contributed by atoms with Crippen LogP contribution in [0.2, 0.25) is 5.02 Å². The zero-order valence-corrected chi connectivity index (χ0v) is 24.6. The topological polar surface area (TPSA) is 13.1 Å². The van der Waals surface area contributed by atoms with Crippen LogP contribution >= 0.6 is 11.6 Å². The SMILES string of the molecule is Clc1c(-c2ccccc2)c(-c2ccccc2)c(-c2ccccc2)c(-c2ccccc2)c1-c1ccc2c(c1)oc1ccccc12. The minimum atomic E-state index is 0.712. The summed E-state index contributed by atoms with van der Waals surface area (Å²) >= 11 is 7.75. The fourth-order valence-electron chi connectivity index (χ4n) is 6.43. The van der Waals surface area contributed by atoms with Crippen molar-refractivity contribution in [3.05, 3.63) is 169 Å². The van der Waals surface area contributed by atoms with Gasteiger partial charge in [0.25, 0.3) is 0 Å². The van der Waals surface area contributed by atoms with E-state index in [0.29, 0.717) is 5.02 Å². The predicted molar refractivity (Wildman–Crippen MR) is 186 cm³/mol. The van der Waals surface area contributed by atoms with Crippen molar-refractivity contribution in [3.63, 3.8) is 0 Å². The average molecular weight is 583 g/mol. The number of benzene rings is 7. The van der Waals surface area contributed by atoms with Gasteiger partial charge in [0.1, 0.15) is 11.2 Å². The van der Waals surface area contributed by atoms with E-state index in [0.717, 1.165) is 77.6 Å². The van der Waals surface area contributed by atoms with Crippen molar-refractivity contribution in [3.8, 4) is 55.6 Å². The molecule has 0 saturated heterocycles. The number of furan rings is 1. The molecule has 0 bridgehead atoms. The number of rotatable bonds is 5. The van der Waals surface area contributed by atoms with Crippen LogP contribution in [0.4, 0.5) is 0 Å². The monoisotopic (exact) mass is 582 g/mol. The van der Waals surface area contributed by atoms with Crippen LogP contribution in [0, 0.1) is 0 Å². The van der Waals surface area contributed by atoms with Gasteiger partial charge in [0.2, 0.25) is 0 Å². The summed E-state index contributed by atoms with van der Waals surface area (Å²) in [6, 6.07) is 57.1. The molecule has 0 amide bonds. The smallest absolute Gasteiger partial charge is 0.136 e. The number of hydrogen-bond donors (Lipinski definition) is 0. The van der Waals surface area contributed by atoms with E-state index in [1.165, 1.54) is 0 Å². The Balaban J connectivity index is 1.58. The lowest BCUT2D eigenvalue weighted by molar-refractivity contribution is 0.669. The van der Waals surface area contributed by atoms with Gasteiger partial charge in [-0.05, 0) is 62.7 Å². The molecule has 0 radical (unpaired) electrons. The quantitative estimate of drug-likeness (QED) is 0.197. The molecule has 0 unspecified atom stereocenters. The third-order valence-corrected chi connectivity index (χ3v) is 8.73. The third-order valence-electron chi connectivity index (χ3n) is 8.36. The first-order valence-electron chi connectivity index (χ1n) is 14.8. The lowest BCUT2D eigenvalue weighted by Crippen LogP contribution is -1.99. The van der Waals surface area contributed by atoms with Gasteiger partial charge >= 0.3 is 0 Å². The Bertz CT molecular complexity index is 2250. The maximum atomic E-state index is 7.75. The van der Waals surface area contributed by atoms with Gasteiger partial charge in [0.15, 0.2) is 0 Å². The molecular weight excluding hydrogens is 556 g/mol. The maximum absolute atomic E-state index is 7.75. The molecule has 0 atom stereocenters. The van der Waals surface area contributed by atoms with Crippen molar-refractivity contribution in [1.82, 2.24) is 0 Å². The number of halogens is 1. The summed E-state index contributed by atoms with van der Waals surface area (Å²) in [5.74, 6) is 0. The van der Waals surface area contributed by atoms with Crippen LogP contribution in [-0.2, 0) is 0 Å². The zero-order chi connectivity index (χ0) is 29.5. The Hall–Kier alpha value is -5.37. The maximum Gasteiger partial charge on any atom is 0.136 e. The fraction of sp³-hybridized carbons (Fsp3) is 0. The van der Waals surface area contributed by atoms with E-state index in [-0.39, 0.29) is 0 Å². The lowest BCUT2D eigenvalue weighted by Gasteiger charge is -2.26. The van der Waals surface area contributed by atoms with E-state index in [1.54, 1.807) is 0 Å². The summed E-state index contributed by atoms with van der Waals surface area (Å²) in [5.41, 5.74) is 12.5. The highest BCUT2D eigenvalue weighted by Gasteiger charge is 2.27.